The number of hydrogen-bond donors (Lipinski definition) is 4. The molecule has 0 saturated heterocycles. The van der Waals surface area contributed by atoms with E-state index < -0.39 is 11.9 Å². The minimum Gasteiger partial charge on any atom is -0.481 e. The van der Waals surface area contributed by atoms with Gasteiger partial charge in [0.25, 0.3) is 0 Å². The molecule has 0 aliphatic carbocycles. The molecule has 0 amide bonds. The first-order valence-corrected chi connectivity index (χ1v) is 10.5. The van der Waals surface area contributed by atoms with Crippen molar-refractivity contribution < 1.29 is 24.5 Å². The second kappa shape index (κ2) is 18.2. The molecule has 0 spiro atoms. The third-order valence-corrected chi connectivity index (χ3v) is 4.69. The van der Waals surface area contributed by atoms with Gasteiger partial charge >= 0.3 is 11.9 Å². The van der Waals surface area contributed by atoms with Gasteiger partial charge in [-0.1, -0.05) is 57.8 Å². The molecule has 0 bridgehead atoms. The summed E-state index contributed by atoms with van der Waals surface area (Å²) in [6.45, 7) is 0.639. The van der Waals surface area contributed by atoms with Gasteiger partial charge in [-0.25, -0.2) is 0 Å². The summed E-state index contributed by atoms with van der Waals surface area (Å²) < 4.78 is 5.21. The van der Waals surface area contributed by atoms with Gasteiger partial charge in [-0.15, -0.1) is 0 Å². The molecule has 6 N–H and O–H groups in total. The van der Waals surface area contributed by atoms with Gasteiger partial charge in [0.2, 0.25) is 0 Å². The standard InChI is InChI=1S/C20H40N2O5/c21-15-17(23)11-9-7-5-3-1-2-4-6-8-10-12-18(16-22)27-20(26)14-13-19(24)25/h17-18,23H,1-16,21-22H2,(H,24,25). The van der Waals surface area contributed by atoms with Crippen LogP contribution in [0.1, 0.15) is 89.9 Å². The average molecular weight is 389 g/mol. The lowest BCUT2D eigenvalue weighted by Gasteiger charge is -2.15. The van der Waals surface area contributed by atoms with Gasteiger partial charge in [0.05, 0.1) is 18.9 Å². The van der Waals surface area contributed by atoms with Crippen LogP contribution in [0.2, 0.25) is 0 Å². The molecule has 0 aliphatic heterocycles. The Balaban J connectivity index is 3.43. The maximum atomic E-state index is 11.5. The molecule has 0 aliphatic rings. The number of carboxylic acid groups (broad SMARTS) is 1. The van der Waals surface area contributed by atoms with Gasteiger partial charge in [0, 0.05) is 13.1 Å². The van der Waals surface area contributed by atoms with Crippen molar-refractivity contribution in [3.05, 3.63) is 0 Å². The van der Waals surface area contributed by atoms with Crippen LogP contribution in [-0.2, 0) is 14.3 Å². The predicted octanol–water partition coefficient (Wildman–Crippen LogP) is 2.72. The second-order valence-corrected chi connectivity index (χ2v) is 7.24. The molecule has 0 aromatic heterocycles. The van der Waals surface area contributed by atoms with Gasteiger partial charge in [-0.2, -0.15) is 0 Å². The minimum absolute atomic E-state index is 0.0978. The van der Waals surface area contributed by atoms with E-state index in [9.17, 15) is 14.7 Å². The Bertz CT molecular complexity index is 379. The van der Waals surface area contributed by atoms with E-state index in [-0.39, 0.29) is 31.6 Å². The third kappa shape index (κ3) is 18.0. The van der Waals surface area contributed by atoms with Crippen LogP contribution in [0.4, 0.5) is 0 Å². The van der Waals surface area contributed by atoms with Crippen molar-refractivity contribution >= 4 is 11.9 Å². The number of carbonyl (C=O) groups excluding carboxylic acids is 1. The molecule has 0 heterocycles. The number of carboxylic acids is 1. The van der Waals surface area contributed by atoms with Gasteiger partial charge in [0.15, 0.2) is 0 Å². The second-order valence-electron chi connectivity index (χ2n) is 7.24. The van der Waals surface area contributed by atoms with Crippen LogP contribution in [0.5, 0.6) is 0 Å². The topological polar surface area (TPSA) is 136 Å². The van der Waals surface area contributed by atoms with E-state index in [2.05, 4.69) is 0 Å². The summed E-state index contributed by atoms with van der Waals surface area (Å²) in [6.07, 6.45) is 12.3. The van der Waals surface area contributed by atoms with E-state index in [1.165, 1.54) is 44.9 Å². The number of rotatable bonds is 19. The number of carbonyl (C=O) groups is 2. The zero-order valence-electron chi connectivity index (χ0n) is 16.7. The molecular formula is C20H40N2O5. The molecule has 0 aromatic carbocycles. The highest BCUT2D eigenvalue weighted by Gasteiger charge is 2.13. The molecule has 160 valence electrons. The summed E-state index contributed by atoms with van der Waals surface area (Å²) in [6, 6.07) is 0. The molecule has 0 radical (unpaired) electrons. The summed E-state index contributed by atoms with van der Waals surface area (Å²) in [7, 11) is 0. The fourth-order valence-corrected chi connectivity index (χ4v) is 2.96. The summed E-state index contributed by atoms with van der Waals surface area (Å²) in [4.78, 5) is 21.9. The quantitative estimate of drug-likeness (QED) is 0.197. The Labute approximate surface area is 163 Å². The van der Waals surface area contributed by atoms with Crippen molar-refractivity contribution in [3.8, 4) is 0 Å². The number of aliphatic hydroxyl groups is 1. The number of ether oxygens (including phenoxy) is 1. The average Bonchev–Trinajstić information content (AvgIpc) is 2.65. The van der Waals surface area contributed by atoms with Crippen molar-refractivity contribution in [1.29, 1.82) is 0 Å². The fourth-order valence-electron chi connectivity index (χ4n) is 2.96. The molecule has 0 rings (SSSR count). The van der Waals surface area contributed by atoms with Gasteiger partial charge in [0.1, 0.15) is 6.10 Å². The summed E-state index contributed by atoms with van der Waals surface area (Å²) in [5.41, 5.74) is 11.0. The zero-order chi connectivity index (χ0) is 20.3. The fraction of sp³-hybridized carbons (Fsp3) is 0.900. The molecule has 2 atom stereocenters. The molecule has 0 fully saturated rings. The molecule has 27 heavy (non-hydrogen) atoms. The van der Waals surface area contributed by atoms with Crippen LogP contribution in [0.25, 0.3) is 0 Å². The van der Waals surface area contributed by atoms with Crippen LogP contribution in [0.3, 0.4) is 0 Å². The SMILES string of the molecule is NCC(O)CCCCCCCCCCCCC(CN)OC(=O)CCC(=O)O. The monoisotopic (exact) mass is 388 g/mol. The number of aliphatic carboxylic acids is 1. The number of unbranched alkanes of at least 4 members (excludes halogenated alkanes) is 9. The molecule has 0 saturated carbocycles. The van der Waals surface area contributed by atoms with E-state index in [4.69, 9.17) is 21.3 Å². The minimum atomic E-state index is -0.998. The first kappa shape index (κ1) is 25.8. The van der Waals surface area contributed by atoms with Gasteiger partial charge in [-0.3, -0.25) is 9.59 Å². The summed E-state index contributed by atoms with van der Waals surface area (Å²) >= 11 is 0. The highest BCUT2D eigenvalue weighted by molar-refractivity contribution is 5.76. The van der Waals surface area contributed by atoms with Crippen LogP contribution < -0.4 is 11.5 Å². The van der Waals surface area contributed by atoms with Crippen molar-refractivity contribution in [3.63, 3.8) is 0 Å². The Morgan fingerprint density at radius 2 is 1.22 bits per heavy atom. The zero-order valence-corrected chi connectivity index (χ0v) is 16.7. The highest BCUT2D eigenvalue weighted by atomic mass is 16.5. The Kier molecular flexibility index (Phi) is 17.4. The first-order valence-electron chi connectivity index (χ1n) is 10.5. The number of nitrogens with two attached hydrogens (primary N) is 2. The lowest BCUT2D eigenvalue weighted by molar-refractivity contribution is -0.152. The van der Waals surface area contributed by atoms with Gasteiger partial charge < -0.3 is 26.4 Å². The number of aliphatic hydroxyl groups excluding tert-OH is 1. The van der Waals surface area contributed by atoms with Crippen molar-refractivity contribution in [2.45, 2.75) is 102 Å². The molecule has 0 aromatic rings. The van der Waals surface area contributed by atoms with Crippen LogP contribution in [0, 0.1) is 0 Å². The van der Waals surface area contributed by atoms with Crippen molar-refractivity contribution in [1.82, 2.24) is 0 Å². The normalized spacial score (nSPS) is 13.3. The Morgan fingerprint density at radius 1 is 0.741 bits per heavy atom. The molecule has 7 nitrogen and oxygen atoms in total. The Hall–Kier alpha value is -1.18. The highest BCUT2D eigenvalue weighted by Crippen LogP contribution is 2.14. The van der Waals surface area contributed by atoms with E-state index in [1.807, 2.05) is 0 Å². The van der Waals surface area contributed by atoms with Crippen LogP contribution >= 0.6 is 0 Å². The first-order chi connectivity index (χ1) is 13.0. The molecule has 2 unspecified atom stereocenters. The smallest absolute Gasteiger partial charge is 0.306 e. The lowest BCUT2D eigenvalue weighted by atomic mass is 10.0. The van der Waals surface area contributed by atoms with E-state index in [0.717, 1.165) is 32.1 Å². The predicted molar refractivity (Wildman–Crippen MR) is 106 cm³/mol. The number of esters is 1. The summed E-state index contributed by atoms with van der Waals surface area (Å²) in [5.74, 6) is -1.48. The molecular weight excluding hydrogens is 348 g/mol. The van der Waals surface area contributed by atoms with E-state index in [1.54, 1.807) is 0 Å². The van der Waals surface area contributed by atoms with Crippen LogP contribution in [0.15, 0.2) is 0 Å². The maximum absolute atomic E-state index is 11.5. The van der Waals surface area contributed by atoms with Crippen molar-refractivity contribution in [2.75, 3.05) is 13.1 Å². The summed E-state index contributed by atoms with van der Waals surface area (Å²) in [5, 5.41) is 17.9. The Morgan fingerprint density at radius 3 is 1.67 bits per heavy atom. The third-order valence-electron chi connectivity index (χ3n) is 4.69. The number of hydrogen-bond acceptors (Lipinski definition) is 6. The van der Waals surface area contributed by atoms with E-state index >= 15 is 0 Å². The van der Waals surface area contributed by atoms with Crippen LogP contribution in [-0.4, -0.2) is 47.4 Å². The van der Waals surface area contributed by atoms with Gasteiger partial charge in [-0.05, 0) is 19.3 Å². The lowest BCUT2D eigenvalue weighted by Crippen LogP contribution is -2.27. The van der Waals surface area contributed by atoms with Crippen molar-refractivity contribution in [2.24, 2.45) is 11.5 Å². The van der Waals surface area contributed by atoms with E-state index in [0.29, 0.717) is 6.54 Å². The maximum Gasteiger partial charge on any atom is 0.306 e. The molecule has 7 heteroatoms. The largest absolute Gasteiger partial charge is 0.481 e.